The first kappa shape index (κ1) is 27.9. The van der Waals surface area contributed by atoms with Gasteiger partial charge in [0.05, 0.1) is 18.8 Å². The Morgan fingerprint density at radius 1 is 0.973 bits per heavy atom. The van der Waals surface area contributed by atoms with Crippen molar-refractivity contribution in [2.24, 2.45) is 0 Å². The third-order valence-corrected chi connectivity index (χ3v) is 8.39. The van der Waals surface area contributed by atoms with E-state index >= 15 is 0 Å². The predicted molar refractivity (Wildman–Crippen MR) is 142 cm³/mol. The van der Waals surface area contributed by atoms with E-state index in [1.807, 2.05) is 35.2 Å². The maximum Gasteiger partial charge on any atom is 0.246 e. The van der Waals surface area contributed by atoms with Gasteiger partial charge in [-0.2, -0.15) is 0 Å². The molecule has 2 aliphatic heterocycles. The number of para-hydroxylation sites is 1. The van der Waals surface area contributed by atoms with Gasteiger partial charge in [0.25, 0.3) is 0 Å². The van der Waals surface area contributed by atoms with Crippen LogP contribution in [0.3, 0.4) is 0 Å². The number of ether oxygens (including phenoxy) is 2. The number of likely N-dealkylation sites (tertiary alicyclic amines) is 1. The number of carbonyl (C=O) groups is 2. The summed E-state index contributed by atoms with van der Waals surface area (Å²) >= 11 is 0. The van der Waals surface area contributed by atoms with Gasteiger partial charge in [-0.05, 0) is 44.2 Å². The minimum Gasteiger partial charge on any atom is -0.491 e. The van der Waals surface area contributed by atoms with Crippen LogP contribution in [-0.2, 0) is 14.3 Å². The summed E-state index contributed by atoms with van der Waals surface area (Å²) in [6.45, 7) is 6.65. The number of unbranched alkanes of at least 4 members (excludes halogenated alkanes) is 1. The molecule has 2 N–H and O–H groups in total. The molecule has 0 radical (unpaired) electrons. The molecule has 37 heavy (non-hydrogen) atoms. The fourth-order valence-electron chi connectivity index (χ4n) is 6.12. The van der Waals surface area contributed by atoms with Gasteiger partial charge in [-0.25, -0.2) is 0 Å². The molecule has 2 saturated heterocycles. The van der Waals surface area contributed by atoms with E-state index in [0.29, 0.717) is 58.5 Å². The number of nitrogens with one attached hydrogen (secondary N) is 1. The lowest BCUT2D eigenvalue weighted by atomic mass is 9.77. The molecule has 206 valence electrons. The molecule has 2 heterocycles. The highest BCUT2D eigenvalue weighted by molar-refractivity contribution is 6.00. The zero-order valence-corrected chi connectivity index (χ0v) is 22.5. The molecule has 1 aliphatic carbocycles. The normalized spacial score (nSPS) is 23.7. The van der Waals surface area contributed by atoms with Crippen LogP contribution in [0.1, 0.15) is 71.1 Å². The number of hydrogen-bond acceptors (Lipinski definition) is 6. The van der Waals surface area contributed by atoms with Crippen LogP contribution in [0.2, 0.25) is 0 Å². The number of rotatable bonds is 12. The van der Waals surface area contributed by atoms with Gasteiger partial charge in [-0.15, -0.1) is 0 Å². The SMILES string of the molecule is CCCCN1C(=O)[C@@H](CC2(O)CCCCC2)NC(=O)C12CCN(CCOCCOc1ccccc1)CC2. The minimum absolute atomic E-state index is 0.0118. The molecule has 1 saturated carbocycles. The molecule has 1 spiro atoms. The third-order valence-electron chi connectivity index (χ3n) is 8.39. The monoisotopic (exact) mass is 515 g/mol. The van der Waals surface area contributed by atoms with Crippen LogP contribution in [0.15, 0.2) is 30.3 Å². The Bertz CT molecular complexity index is 866. The Labute approximate surface area is 221 Å². The number of carbonyl (C=O) groups excluding carboxylic acids is 2. The Morgan fingerprint density at radius 2 is 1.70 bits per heavy atom. The average molecular weight is 516 g/mol. The topological polar surface area (TPSA) is 91.3 Å². The molecule has 3 aliphatic rings. The number of piperidine rings is 1. The van der Waals surface area contributed by atoms with E-state index in [4.69, 9.17) is 9.47 Å². The summed E-state index contributed by atoms with van der Waals surface area (Å²) < 4.78 is 11.4. The smallest absolute Gasteiger partial charge is 0.246 e. The number of benzene rings is 1. The van der Waals surface area contributed by atoms with Gasteiger partial charge in [0.2, 0.25) is 11.8 Å². The number of piperazine rings is 1. The van der Waals surface area contributed by atoms with Crippen molar-refractivity contribution in [3.05, 3.63) is 30.3 Å². The van der Waals surface area contributed by atoms with Crippen LogP contribution in [0.25, 0.3) is 0 Å². The van der Waals surface area contributed by atoms with E-state index in [1.165, 1.54) is 0 Å². The summed E-state index contributed by atoms with van der Waals surface area (Å²) in [5, 5.41) is 14.1. The Kier molecular flexibility index (Phi) is 9.84. The highest BCUT2D eigenvalue weighted by atomic mass is 16.5. The van der Waals surface area contributed by atoms with Gasteiger partial charge in [0.15, 0.2) is 0 Å². The van der Waals surface area contributed by atoms with Crippen molar-refractivity contribution in [1.82, 2.24) is 15.1 Å². The summed E-state index contributed by atoms with van der Waals surface area (Å²) in [5.74, 6) is 0.791. The first-order chi connectivity index (χ1) is 18.0. The highest BCUT2D eigenvalue weighted by Crippen LogP contribution is 2.37. The lowest BCUT2D eigenvalue weighted by Gasteiger charge is -2.52. The van der Waals surface area contributed by atoms with Crippen molar-refractivity contribution in [3.8, 4) is 5.75 Å². The van der Waals surface area contributed by atoms with Crippen molar-refractivity contribution in [2.45, 2.75) is 88.3 Å². The van der Waals surface area contributed by atoms with E-state index in [0.717, 1.165) is 57.5 Å². The third kappa shape index (κ3) is 7.03. The quantitative estimate of drug-likeness (QED) is 0.416. The van der Waals surface area contributed by atoms with Crippen molar-refractivity contribution in [1.29, 1.82) is 0 Å². The number of amides is 2. The molecule has 0 aromatic heterocycles. The fourth-order valence-corrected chi connectivity index (χ4v) is 6.12. The Balaban J connectivity index is 1.27. The molecule has 1 aromatic carbocycles. The molecule has 8 heteroatoms. The second-order valence-corrected chi connectivity index (χ2v) is 11.0. The van der Waals surface area contributed by atoms with Crippen molar-refractivity contribution >= 4 is 11.8 Å². The largest absolute Gasteiger partial charge is 0.491 e. The molecule has 0 unspecified atom stereocenters. The second-order valence-electron chi connectivity index (χ2n) is 11.0. The molecular formula is C29H45N3O5. The summed E-state index contributed by atoms with van der Waals surface area (Å²) in [7, 11) is 0. The molecule has 4 rings (SSSR count). The van der Waals surface area contributed by atoms with Gasteiger partial charge in [-0.1, -0.05) is 50.8 Å². The van der Waals surface area contributed by atoms with Crippen LogP contribution < -0.4 is 10.1 Å². The first-order valence-corrected chi connectivity index (χ1v) is 14.3. The van der Waals surface area contributed by atoms with Crippen molar-refractivity contribution < 1.29 is 24.2 Å². The molecule has 0 bridgehead atoms. The summed E-state index contributed by atoms with van der Waals surface area (Å²) in [6.07, 6.45) is 7.93. The van der Waals surface area contributed by atoms with Gasteiger partial charge < -0.3 is 29.7 Å². The standard InChI is InChI=1S/C29H45N3O5/c1-2-3-16-32-26(33)25(23-28(35)12-8-5-9-13-28)30-27(34)29(32)14-17-31(18-15-29)19-20-36-21-22-37-24-10-6-4-7-11-24/h4,6-7,10-11,25,35H,2-3,5,8-9,12-23H2,1H3,(H,30,34)/t25-/m1/s1. The Morgan fingerprint density at radius 3 is 2.41 bits per heavy atom. The van der Waals surface area contributed by atoms with Crippen LogP contribution in [-0.4, -0.2) is 89.9 Å². The van der Waals surface area contributed by atoms with E-state index in [2.05, 4.69) is 17.1 Å². The van der Waals surface area contributed by atoms with Gasteiger partial charge in [0.1, 0.15) is 23.9 Å². The van der Waals surface area contributed by atoms with Gasteiger partial charge in [-0.3, -0.25) is 9.59 Å². The molecule has 2 amide bonds. The average Bonchev–Trinajstić information content (AvgIpc) is 2.91. The minimum atomic E-state index is -0.845. The van der Waals surface area contributed by atoms with Crippen LogP contribution in [0, 0.1) is 0 Å². The first-order valence-electron chi connectivity index (χ1n) is 14.3. The van der Waals surface area contributed by atoms with Crippen molar-refractivity contribution in [3.63, 3.8) is 0 Å². The van der Waals surface area contributed by atoms with Crippen LogP contribution >= 0.6 is 0 Å². The fraction of sp³-hybridized carbons (Fsp3) is 0.724. The van der Waals surface area contributed by atoms with Crippen LogP contribution in [0.4, 0.5) is 0 Å². The van der Waals surface area contributed by atoms with Crippen molar-refractivity contribution in [2.75, 3.05) is 46.0 Å². The highest BCUT2D eigenvalue weighted by Gasteiger charge is 2.54. The molecule has 3 fully saturated rings. The number of aliphatic hydroxyl groups is 1. The lowest BCUT2D eigenvalue weighted by Crippen LogP contribution is -2.73. The van der Waals surface area contributed by atoms with Gasteiger partial charge in [0, 0.05) is 32.6 Å². The summed E-state index contributed by atoms with van der Waals surface area (Å²) in [4.78, 5) is 31.4. The summed E-state index contributed by atoms with van der Waals surface area (Å²) in [5.41, 5.74) is -1.62. The van der Waals surface area contributed by atoms with E-state index < -0.39 is 17.2 Å². The number of nitrogens with zero attached hydrogens (tertiary/aromatic N) is 2. The van der Waals surface area contributed by atoms with E-state index in [-0.39, 0.29) is 11.8 Å². The molecule has 1 aromatic rings. The predicted octanol–water partition coefficient (Wildman–Crippen LogP) is 3.13. The zero-order chi connectivity index (χ0) is 26.1. The van der Waals surface area contributed by atoms with E-state index in [9.17, 15) is 14.7 Å². The molecule has 1 atom stereocenters. The molecular weight excluding hydrogens is 470 g/mol. The second kappa shape index (κ2) is 13.1. The zero-order valence-electron chi connectivity index (χ0n) is 22.5. The molecule has 8 nitrogen and oxygen atoms in total. The summed E-state index contributed by atoms with van der Waals surface area (Å²) in [6, 6.07) is 9.09. The maximum atomic E-state index is 13.7. The lowest BCUT2D eigenvalue weighted by molar-refractivity contribution is -0.163. The van der Waals surface area contributed by atoms with Gasteiger partial charge >= 0.3 is 0 Å². The number of hydrogen-bond donors (Lipinski definition) is 2. The van der Waals surface area contributed by atoms with Crippen LogP contribution in [0.5, 0.6) is 5.75 Å². The maximum absolute atomic E-state index is 13.7. The van der Waals surface area contributed by atoms with E-state index in [1.54, 1.807) is 0 Å². The Hall–Kier alpha value is -2.16.